The van der Waals surface area contributed by atoms with Gasteiger partial charge in [-0.2, -0.15) is 26.3 Å². The molecule has 2 aliphatic heterocycles. The van der Waals surface area contributed by atoms with Gasteiger partial charge >= 0.3 is 24.3 Å². The first kappa shape index (κ1) is 31.6. The number of nitrogens with zero attached hydrogens (tertiary/aromatic N) is 4. The van der Waals surface area contributed by atoms with E-state index in [1.165, 1.54) is 18.5 Å². The second-order valence-corrected chi connectivity index (χ2v) is 9.25. The standard InChI is InChI=1S/C20H26N4O.2C2HF3O2/c1-22-10-3-6-18(22)14-23-12-8-20(15-23)7-4-11-24(16-20)19(25)17-5-2-9-21-13-17;2*3-2(4,5)1(6)7/h2-3,5-6,9-10,13H,4,7-8,11-12,14-16H2,1H3;2*(H,6,7). The molecule has 0 saturated carbocycles. The quantitative estimate of drug-likeness (QED) is 0.543. The molecule has 1 amide bonds. The highest BCUT2D eigenvalue weighted by molar-refractivity contribution is 5.94. The Hall–Kier alpha value is -3.62. The Balaban J connectivity index is 0.000000317. The number of aryl methyl sites for hydroxylation is 1. The molecule has 0 bridgehead atoms. The molecule has 39 heavy (non-hydrogen) atoms. The van der Waals surface area contributed by atoms with Crippen molar-refractivity contribution in [3.63, 3.8) is 0 Å². The summed E-state index contributed by atoms with van der Waals surface area (Å²) in [5.74, 6) is -5.38. The summed E-state index contributed by atoms with van der Waals surface area (Å²) in [5.41, 5.74) is 2.33. The van der Waals surface area contributed by atoms with Crippen molar-refractivity contribution in [2.45, 2.75) is 38.2 Å². The van der Waals surface area contributed by atoms with Gasteiger partial charge in [0.25, 0.3) is 5.91 Å². The number of halogens is 6. The molecule has 1 spiro atoms. The highest BCUT2D eigenvalue weighted by atomic mass is 19.4. The second-order valence-electron chi connectivity index (χ2n) is 9.25. The predicted molar refractivity (Wildman–Crippen MR) is 124 cm³/mol. The van der Waals surface area contributed by atoms with E-state index in [0.717, 1.165) is 39.1 Å². The van der Waals surface area contributed by atoms with Gasteiger partial charge in [-0.1, -0.05) is 0 Å². The molecule has 2 N–H and O–H groups in total. The van der Waals surface area contributed by atoms with Gasteiger partial charge in [-0.05, 0) is 50.1 Å². The summed E-state index contributed by atoms with van der Waals surface area (Å²) in [6, 6.07) is 8.01. The lowest BCUT2D eigenvalue weighted by Crippen LogP contribution is -2.47. The zero-order valence-corrected chi connectivity index (χ0v) is 20.9. The third-order valence-electron chi connectivity index (χ3n) is 6.30. The first-order valence-corrected chi connectivity index (χ1v) is 11.7. The number of amides is 1. The van der Waals surface area contributed by atoms with Crippen molar-refractivity contribution in [1.82, 2.24) is 19.4 Å². The molecule has 0 aliphatic carbocycles. The summed E-state index contributed by atoms with van der Waals surface area (Å²) < 4.78 is 65.7. The number of aromatic nitrogens is 2. The Labute approximate surface area is 219 Å². The van der Waals surface area contributed by atoms with Crippen molar-refractivity contribution < 1.29 is 50.9 Å². The summed E-state index contributed by atoms with van der Waals surface area (Å²) in [7, 11) is 2.11. The fourth-order valence-electron chi connectivity index (χ4n) is 4.44. The van der Waals surface area contributed by atoms with Gasteiger partial charge in [0.1, 0.15) is 0 Å². The number of carbonyl (C=O) groups is 3. The largest absolute Gasteiger partial charge is 0.490 e. The third-order valence-corrected chi connectivity index (χ3v) is 6.30. The van der Waals surface area contributed by atoms with Crippen LogP contribution < -0.4 is 0 Å². The highest BCUT2D eigenvalue weighted by Gasteiger charge is 2.42. The maximum Gasteiger partial charge on any atom is 0.490 e. The van der Waals surface area contributed by atoms with Crippen LogP contribution in [0.1, 0.15) is 35.3 Å². The molecule has 2 fully saturated rings. The van der Waals surface area contributed by atoms with Crippen LogP contribution in [0, 0.1) is 5.41 Å². The Morgan fingerprint density at radius 2 is 1.56 bits per heavy atom. The van der Waals surface area contributed by atoms with Crippen molar-refractivity contribution in [2.75, 3.05) is 26.2 Å². The molecule has 0 aromatic carbocycles. The monoisotopic (exact) mass is 566 g/mol. The van der Waals surface area contributed by atoms with Crippen LogP contribution in [-0.4, -0.2) is 85.9 Å². The smallest absolute Gasteiger partial charge is 0.475 e. The number of hydrogen-bond acceptors (Lipinski definition) is 5. The third kappa shape index (κ3) is 9.57. The Kier molecular flexibility index (Phi) is 10.5. The number of carboxylic acid groups (broad SMARTS) is 2. The Bertz CT molecular complexity index is 1100. The molecule has 1 unspecified atom stereocenters. The summed E-state index contributed by atoms with van der Waals surface area (Å²) in [4.78, 5) is 39.3. The number of piperidine rings is 1. The van der Waals surface area contributed by atoms with Gasteiger partial charge in [0, 0.05) is 62.9 Å². The molecule has 1 atom stereocenters. The van der Waals surface area contributed by atoms with Gasteiger partial charge in [-0.15, -0.1) is 0 Å². The minimum absolute atomic E-state index is 0.132. The zero-order valence-electron chi connectivity index (χ0n) is 20.9. The van der Waals surface area contributed by atoms with Gasteiger partial charge in [-0.3, -0.25) is 14.7 Å². The number of likely N-dealkylation sites (tertiary alicyclic amines) is 2. The lowest BCUT2D eigenvalue weighted by molar-refractivity contribution is -0.193. The van der Waals surface area contributed by atoms with E-state index in [0.29, 0.717) is 5.56 Å². The number of pyridine rings is 1. The lowest BCUT2D eigenvalue weighted by atomic mass is 9.79. The summed E-state index contributed by atoms with van der Waals surface area (Å²) in [6.07, 6.45) is -1.14. The molecular weight excluding hydrogens is 538 g/mol. The maximum absolute atomic E-state index is 12.8. The van der Waals surface area contributed by atoms with Crippen molar-refractivity contribution >= 4 is 17.8 Å². The molecule has 2 aliphatic rings. The van der Waals surface area contributed by atoms with E-state index in [2.05, 4.69) is 39.8 Å². The molecule has 15 heteroatoms. The highest BCUT2D eigenvalue weighted by Crippen LogP contribution is 2.39. The molecule has 4 heterocycles. The number of alkyl halides is 6. The minimum atomic E-state index is -5.08. The van der Waals surface area contributed by atoms with E-state index in [9.17, 15) is 31.1 Å². The van der Waals surface area contributed by atoms with Crippen LogP contribution in [-0.2, 0) is 23.2 Å². The minimum Gasteiger partial charge on any atom is -0.475 e. The normalized spacial score (nSPS) is 19.5. The van der Waals surface area contributed by atoms with Crippen LogP contribution in [0.3, 0.4) is 0 Å². The van der Waals surface area contributed by atoms with Crippen LogP contribution in [0.25, 0.3) is 0 Å². The summed E-state index contributed by atoms with van der Waals surface area (Å²) in [5, 5.41) is 14.2. The molecule has 2 aromatic heterocycles. The van der Waals surface area contributed by atoms with E-state index in [1.54, 1.807) is 12.4 Å². The number of hydrogen-bond donors (Lipinski definition) is 2. The Morgan fingerprint density at radius 1 is 0.949 bits per heavy atom. The summed E-state index contributed by atoms with van der Waals surface area (Å²) >= 11 is 0. The Morgan fingerprint density at radius 3 is 2.05 bits per heavy atom. The van der Waals surface area contributed by atoms with E-state index in [-0.39, 0.29) is 11.3 Å². The van der Waals surface area contributed by atoms with Gasteiger partial charge in [0.15, 0.2) is 0 Å². The van der Waals surface area contributed by atoms with E-state index in [4.69, 9.17) is 19.8 Å². The van der Waals surface area contributed by atoms with E-state index >= 15 is 0 Å². The first-order chi connectivity index (χ1) is 18.0. The lowest BCUT2D eigenvalue weighted by Gasteiger charge is -2.40. The van der Waals surface area contributed by atoms with Gasteiger partial charge < -0.3 is 19.7 Å². The molecule has 0 radical (unpaired) electrons. The average molecular weight is 566 g/mol. The molecular formula is C24H28F6N4O5. The van der Waals surface area contributed by atoms with Gasteiger partial charge in [0.05, 0.1) is 5.56 Å². The van der Waals surface area contributed by atoms with Gasteiger partial charge in [0.2, 0.25) is 0 Å². The molecule has 4 rings (SSSR count). The zero-order chi connectivity index (χ0) is 29.4. The molecule has 2 aromatic rings. The van der Waals surface area contributed by atoms with Crippen molar-refractivity contribution in [2.24, 2.45) is 12.5 Å². The fourth-order valence-corrected chi connectivity index (χ4v) is 4.44. The van der Waals surface area contributed by atoms with E-state index in [1.807, 2.05) is 17.0 Å². The predicted octanol–water partition coefficient (Wildman–Crippen LogP) is 3.82. The number of carboxylic acids is 2. The van der Waals surface area contributed by atoms with Crippen LogP contribution in [0.15, 0.2) is 42.9 Å². The number of rotatable bonds is 3. The second kappa shape index (κ2) is 13.0. The van der Waals surface area contributed by atoms with Crippen LogP contribution in [0.2, 0.25) is 0 Å². The van der Waals surface area contributed by atoms with Crippen molar-refractivity contribution in [1.29, 1.82) is 0 Å². The maximum atomic E-state index is 12.8. The van der Waals surface area contributed by atoms with Crippen LogP contribution >= 0.6 is 0 Å². The molecule has 216 valence electrons. The SMILES string of the molecule is Cn1cccc1CN1CCC2(CCCN(C(=O)c3cccnc3)C2)C1.O=C(O)C(F)(F)F.O=C(O)C(F)(F)F. The topological polar surface area (TPSA) is 116 Å². The average Bonchev–Trinajstić information content (AvgIpc) is 3.44. The first-order valence-electron chi connectivity index (χ1n) is 11.7. The van der Waals surface area contributed by atoms with Crippen LogP contribution in [0.4, 0.5) is 26.3 Å². The van der Waals surface area contributed by atoms with Gasteiger partial charge in [-0.25, -0.2) is 9.59 Å². The van der Waals surface area contributed by atoms with Crippen LogP contribution in [0.5, 0.6) is 0 Å². The summed E-state index contributed by atoms with van der Waals surface area (Å²) in [6.45, 7) is 4.97. The fraction of sp³-hybridized carbons (Fsp3) is 0.500. The number of aliphatic carboxylic acids is 2. The number of carbonyl (C=O) groups excluding carboxylic acids is 1. The van der Waals surface area contributed by atoms with Crippen molar-refractivity contribution in [3.05, 3.63) is 54.1 Å². The molecule has 9 nitrogen and oxygen atoms in total. The molecule has 2 saturated heterocycles. The van der Waals surface area contributed by atoms with E-state index < -0.39 is 24.3 Å². The van der Waals surface area contributed by atoms with Crippen molar-refractivity contribution in [3.8, 4) is 0 Å².